The lowest BCUT2D eigenvalue weighted by atomic mass is 9.98. The molecule has 0 amide bonds. The van der Waals surface area contributed by atoms with E-state index in [-0.39, 0.29) is 17.4 Å². The summed E-state index contributed by atoms with van der Waals surface area (Å²) in [5.41, 5.74) is -0.960. The molecule has 2 rings (SSSR count). The molecule has 118 valence electrons. The molecule has 21 heavy (non-hydrogen) atoms. The number of aromatic hydroxyl groups is 1. The van der Waals surface area contributed by atoms with E-state index in [0.717, 1.165) is 31.3 Å². The topological polar surface area (TPSA) is 55.7 Å². The van der Waals surface area contributed by atoms with Crippen molar-refractivity contribution in [1.82, 2.24) is 10.2 Å². The third-order valence-electron chi connectivity index (χ3n) is 3.86. The third kappa shape index (κ3) is 3.66. The number of alkyl halides is 3. The van der Waals surface area contributed by atoms with E-state index in [1.54, 1.807) is 6.92 Å². The van der Waals surface area contributed by atoms with Crippen molar-refractivity contribution in [2.75, 3.05) is 26.2 Å². The highest BCUT2D eigenvalue weighted by Gasteiger charge is 2.33. The largest absolute Gasteiger partial charge is 0.508 e. The van der Waals surface area contributed by atoms with Crippen LogP contribution in [-0.2, 0) is 6.18 Å². The second-order valence-electron chi connectivity index (χ2n) is 5.24. The standard InChI is InChI=1S/C14H19F3N2O2/c1-9(19-6-4-18-5-7-19)13(21)11-8-10(14(15,16)17)2-3-12(11)20/h2-3,8-9,13,18,20-21H,4-7H2,1H3. The first-order chi connectivity index (χ1) is 9.80. The average Bonchev–Trinajstić information content (AvgIpc) is 2.46. The zero-order valence-corrected chi connectivity index (χ0v) is 11.7. The first-order valence-electron chi connectivity index (χ1n) is 6.83. The van der Waals surface area contributed by atoms with Crippen molar-refractivity contribution < 1.29 is 23.4 Å². The van der Waals surface area contributed by atoms with Crippen LogP contribution >= 0.6 is 0 Å². The molecule has 3 N–H and O–H groups in total. The summed E-state index contributed by atoms with van der Waals surface area (Å²) in [6, 6.07) is 2.23. The van der Waals surface area contributed by atoms with Crippen LogP contribution in [0.25, 0.3) is 0 Å². The maximum atomic E-state index is 12.7. The van der Waals surface area contributed by atoms with Gasteiger partial charge in [-0.25, -0.2) is 0 Å². The fourth-order valence-electron chi connectivity index (χ4n) is 2.52. The fourth-order valence-corrected chi connectivity index (χ4v) is 2.52. The van der Waals surface area contributed by atoms with Crippen LogP contribution in [0.5, 0.6) is 5.75 Å². The first-order valence-corrected chi connectivity index (χ1v) is 6.83. The van der Waals surface area contributed by atoms with Crippen LogP contribution < -0.4 is 5.32 Å². The maximum Gasteiger partial charge on any atom is 0.416 e. The number of aliphatic hydroxyl groups is 1. The van der Waals surface area contributed by atoms with Gasteiger partial charge in [0.15, 0.2) is 0 Å². The van der Waals surface area contributed by atoms with Crippen LogP contribution in [0.4, 0.5) is 13.2 Å². The number of nitrogens with zero attached hydrogens (tertiary/aromatic N) is 1. The molecule has 0 aromatic heterocycles. The SMILES string of the molecule is CC(C(O)c1cc(C(F)(F)F)ccc1O)N1CCNCC1. The Kier molecular flexibility index (Phi) is 4.75. The molecule has 1 aromatic carbocycles. The van der Waals surface area contributed by atoms with Gasteiger partial charge >= 0.3 is 6.18 Å². The minimum Gasteiger partial charge on any atom is -0.508 e. The number of hydrogen-bond acceptors (Lipinski definition) is 4. The molecule has 0 radical (unpaired) electrons. The van der Waals surface area contributed by atoms with Gasteiger partial charge in [-0.2, -0.15) is 13.2 Å². The minimum absolute atomic E-state index is 0.0872. The number of nitrogens with one attached hydrogen (secondary N) is 1. The number of phenolic OH excluding ortho intramolecular Hbond substituents is 1. The van der Waals surface area contributed by atoms with Gasteiger partial charge in [0.25, 0.3) is 0 Å². The molecule has 7 heteroatoms. The number of aliphatic hydroxyl groups excluding tert-OH is 1. The monoisotopic (exact) mass is 304 g/mol. The quantitative estimate of drug-likeness (QED) is 0.796. The lowest BCUT2D eigenvalue weighted by Gasteiger charge is -2.35. The lowest BCUT2D eigenvalue weighted by molar-refractivity contribution is -0.137. The first kappa shape index (κ1) is 16.1. The van der Waals surface area contributed by atoms with Gasteiger partial charge in [-0.15, -0.1) is 0 Å². The molecule has 1 aliphatic heterocycles. The van der Waals surface area contributed by atoms with E-state index in [1.807, 2.05) is 4.90 Å². The van der Waals surface area contributed by atoms with Gasteiger partial charge in [-0.3, -0.25) is 4.90 Å². The molecule has 1 saturated heterocycles. The van der Waals surface area contributed by atoms with Gasteiger partial charge in [0, 0.05) is 37.8 Å². The Hall–Kier alpha value is -1.31. The van der Waals surface area contributed by atoms with E-state index in [0.29, 0.717) is 13.1 Å². The van der Waals surface area contributed by atoms with Crippen LogP contribution in [0, 0.1) is 0 Å². The molecule has 4 nitrogen and oxygen atoms in total. The van der Waals surface area contributed by atoms with Crippen molar-refractivity contribution in [2.45, 2.75) is 25.2 Å². The summed E-state index contributed by atoms with van der Waals surface area (Å²) >= 11 is 0. The van der Waals surface area contributed by atoms with Gasteiger partial charge < -0.3 is 15.5 Å². The van der Waals surface area contributed by atoms with Crippen LogP contribution in [0.1, 0.15) is 24.2 Å². The van der Waals surface area contributed by atoms with Crippen molar-refractivity contribution in [3.05, 3.63) is 29.3 Å². The average molecular weight is 304 g/mol. The maximum absolute atomic E-state index is 12.7. The minimum atomic E-state index is -4.50. The third-order valence-corrected chi connectivity index (χ3v) is 3.86. The van der Waals surface area contributed by atoms with Crippen molar-refractivity contribution >= 4 is 0 Å². The van der Waals surface area contributed by atoms with Gasteiger partial charge in [0.1, 0.15) is 5.75 Å². The Bertz CT molecular complexity index is 488. The molecule has 1 fully saturated rings. The molecule has 0 bridgehead atoms. The molecule has 2 unspecified atom stereocenters. The Morgan fingerprint density at radius 1 is 1.24 bits per heavy atom. The highest BCUT2D eigenvalue weighted by atomic mass is 19.4. The van der Waals surface area contributed by atoms with Crippen LogP contribution in [-0.4, -0.2) is 47.3 Å². The highest BCUT2D eigenvalue weighted by Crippen LogP contribution is 2.35. The molecule has 1 aromatic rings. The van der Waals surface area contributed by atoms with Crippen LogP contribution in [0.3, 0.4) is 0 Å². The Morgan fingerprint density at radius 3 is 2.43 bits per heavy atom. The van der Waals surface area contributed by atoms with Gasteiger partial charge in [-0.05, 0) is 25.1 Å². The Balaban J connectivity index is 2.23. The van der Waals surface area contributed by atoms with E-state index < -0.39 is 17.8 Å². The number of halogens is 3. The van der Waals surface area contributed by atoms with Crippen molar-refractivity contribution in [3.8, 4) is 5.75 Å². The Morgan fingerprint density at radius 2 is 1.86 bits per heavy atom. The van der Waals surface area contributed by atoms with Gasteiger partial charge in [-0.1, -0.05) is 0 Å². The van der Waals surface area contributed by atoms with Crippen LogP contribution in [0.15, 0.2) is 18.2 Å². The molecule has 0 saturated carbocycles. The summed E-state index contributed by atoms with van der Waals surface area (Å²) in [6.45, 7) is 4.70. The van der Waals surface area contributed by atoms with Crippen LogP contribution in [0.2, 0.25) is 0 Å². The smallest absolute Gasteiger partial charge is 0.416 e. The van der Waals surface area contributed by atoms with E-state index in [1.165, 1.54) is 0 Å². The molecule has 0 spiro atoms. The lowest BCUT2D eigenvalue weighted by Crippen LogP contribution is -2.49. The predicted octanol–water partition coefficient (Wildman–Crippen LogP) is 1.74. The summed E-state index contributed by atoms with van der Waals surface area (Å²) in [7, 11) is 0. The van der Waals surface area contributed by atoms with Crippen molar-refractivity contribution in [2.24, 2.45) is 0 Å². The fraction of sp³-hybridized carbons (Fsp3) is 0.571. The van der Waals surface area contributed by atoms with Crippen molar-refractivity contribution in [3.63, 3.8) is 0 Å². The summed E-state index contributed by atoms with van der Waals surface area (Å²) in [5, 5.41) is 23.3. The molecule has 1 heterocycles. The summed E-state index contributed by atoms with van der Waals surface area (Å²) in [4.78, 5) is 1.99. The van der Waals surface area contributed by atoms with Gasteiger partial charge in [0.2, 0.25) is 0 Å². The van der Waals surface area contributed by atoms with E-state index >= 15 is 0 Å². The Labute approximate surface area is 121 Å². The number of hydrogen-bond donors (Lipinski definition) is 3. The summed E-state index contributed by atoms with van der Waals surface area (Å²) in [6.07, 6.45) is -5.68. The number of piperazine rings is 1. The van der Waals surface area contributed by atoms with E-state index in [4.69, 9.17) is 0 Å². The highest BCUT2D eigenvalue weighted by molar-refractivity contribution is 5.39. The number of phenols is 1. The zero-order chi connectivity index (χ0) is 15.6. The van der Waals surface area contributed by atoms with Gasteiger partial charge in [0.05, 0.1) is 11.7 Å². The van der Waals surface area contributed by atoms with Crippen molar-refractivity contribution in [1.29, 1.82) is 0 Å². The predicted molar refractivity (Wildman–Crippen MR) is 72.0 cm³/mol. The molecule has 2 atom stereocenters. The second kappa shape index (κ2) is 6.21. The summed E-state index contributed by atoms with van der Waals surface area (Å²) < 4.78 is 38.2. The van der Waals surface area contributed by atoms with E-state index in [2.05, 4.69) is 5.32 Å². The number of benzene rings is 1. The molecule has 0 aliphatic carbocycles. The normalized spacial score (nSPS) is 20.2. The zero-order valence-electron chi connectivity index (χ0n) is 11.7. The molecule has 1 aliphatic rings. The molecular formula is C14H19F3N2O2. The molecular weight excluding hydrogens is 285 g/mol. The van der Waals surface area contributed by atoms with E-state index in [9.17, 15) is 23.4 Å². The number of rotatable bonds is 3. The second-order valence-corrected chi connectivity index (χ2v) is 5.24. The summed E-state index contributed by atoms with van der Waals surface area (Å²) in [5.74, 6) is -0.322.